The Morgan fingerprint density at radius 3 is 2.10 bits per heavy atom. The maximum absolute atomic E-state index is 5.19. The van der Waals surface area contributed by atoms with Gasteiger partial charge in [-0.3, -0.25) is 9.80 Å². The average Bonchev–Trinajstić information content (AvgIpc) is 3.75. The second-order valence-corrected chi connectivity index (χ2v) is 13.7. The maximum atomic E-state index is 5.19. The van der Waals surface area contributed by atoms with Crippen molar-refractivity contribution in [2.24, 2.45) is 0 Å². The van der Waals surface area contributed by atoms with Gasteiger partial charge in [-0.05, 0) is 65.9 Å². The van der Waals surface area contributed by atoms with Crippen LogP contribution in [0, 0.1) is 6.92 Å². The van der Waals surface area contributed by atoms with Gasteiger partial charge in [-0.25, -0.2) is 9.97 Å². The van der Waals surface area contributed by atoms with Gasteiger partial charge in [0.25, 0.3) is 0 Å². The molecule has 3 aromatic carbocycles. The molecule has 0 unspecified atom stereocenters. The number of aryl methyl sites for hydroxylation is 1. The summed E-state index contributed by atoms with van der Waals surface area (Å²) in [5.74, 6) is 2.18. The van der Waals surface area contributed by atoms with Crippen molar-refractivity contribution in [2.75, 3.05) is 62.2 Å². The first-order valence-electron chi connectivity index (χ1n) is 17.6. The number of hydrogen-bond acceptors (Lipinski definition) is 6. The molecule has 8 heteroatoms. The number of aromatic amines is 2. The van der Waals surface area contributed by atoms with E-state index in [0.29, 0.717) is 0 Å². The van der Waals surface area contributed by atoms with E-state index in [1.54, 1.807) is 0 Å². The van der Waals surface area contributed by atoms with Gasteiger partial charge in [0, 0.05) is 105 Å². The molecule has 2 saturated heterocycles. The number of piperazine rings is 2. The standard InChI is InChI=1S/C41H42N8/c1-29-7-6-16-42-41(29)49-23-19-47(20-24-49)28-33-26-31-9-4-11-36(40(31)44-33)34-10-5-13-38-35(34)14-15-39(45-38)48-21-17-46(18-22-48)27-32-25-30-8-2-3-12-37(30)43-32/h2-16,25-26,43-44H,17-24,27-28H2,1H3. The largest absolute Gasteiger partial charge is 0.357 e. The van der Waals surface area contributed by atoms with Crippen LogP contribution in [0.4, 0.5) is 11.6 Å². The van der Waals surface area contributed by atoms with Crippen molar-refractivity contribution in [3.63, 3.8) is 0 Å². The molecule has 2 aliphatic rings. The Balaban J connectivity index is 0.891. The second-order valence-electron chi connectivity index (χ2n) is 13.7. The van der Waals surface area contributed by atoms with Gasteiger partial charge in [0.15, 0.2) is 0 Å². The molecule has 0 amide bonds. The van der Waals surface area contributed by atoms with Crippen LogP contribution in [-0.2, 0) is 13.1 Å². The third-order valence-corrected chi connectivity index (χ3v) is 10.4. The van der Waals surface area contributed by atoms with Crippen LogP contribution in [0.3, 0.4) is 0 Å². The lowest BCUT2D eigenvalue weighted by Crippen LogP contribution is -2.46. The zero-order chi connectivity index (χ0) is 32.7. The van der Waals surface area contributed by atoms with Gasteiger partial charge in [-0.1, -0.05) is 54.6 Å². The highest BCUT2D eigenvalue weighted by molar-refractivity contribution is 6.03. The van der Waals surface area contributed by atoms with Crippen molar-refractivity contribution in [3.8, 4) is 11.1 Å². The monoisotopic (exact) mass is 646 g/mol. The minimum absolute atomic E-state index is 0.915. The van der Waals surface area contributed by atoms with Gasteiger partial charge in [0.1, 0.15) is 11.6 Å². The van der Waals surface area contributed by atoms with E-state index in [1.807, 2.05) is 12.3 Å². The number of pyridine rings is 2. The Kier molecular flexibility index (Phi) is 7.75. The first-order valence-corrected chi connectivity index (χ1v) is 17.6. The highest BCUT2D eigenvalue weighted by Crippen LogP contribution is 2.35. The third-order valence-electron chi connectivity index (χ3n) is 10.4. The zero-order valence-corrected chi connectivity index (χ0v) is 28.1. The van der Waals surface area contributed by atoms with Gasteiger partial charge in [-0.15, -0.1) is 0 Å². The number of fused-ring (bicyclic) bond motifs is 3. The minimum Gasteiger partial charge on any atom is -0.357 e. The quantitative estimate of drug-likeness (QED) is 0.191. The number of nitrogens with one attached hydrogen (secondary N) is 2. The Hall–Kier alpha value is -5.18. The molecule has 9 rings (SSSR count). The highest BCUT2D eigenvalue weighted by Gasteiger charge is 2.22. The van der Waals surface area contributed by atoms with E-state index in [9.17, 15) is 0 Å². The number of rotatable bonds is 7. The maximum Gasteiger partial charge on any atom is 0.131 e. The molecule has 49 heavy (non-hydrogen) atoms. The summed E-state index contributed by atoms with van der Waals surface area (Å²) in [7, 11) is 0. The van der Waals surface area contributed by atoms with Crippen LogP contribution in [0.1, 0.15) is 17.0 Å². The Morgan fingerprint density at radius 2 is 1.31 bits per heavy atom. The lowest BCUT2D eigenvalue weighted by atomic mass is 9.98. The lowest BCUT2D eigenvalue weighted by molar-refractivity contribution is 0.247. The summed E-state index contributed by atoms with van der Waals surface area (Å²) in [5.41, 5.74) is 9.69. The van der Waals surface area contributed by atoms with Crippen LogP contribution in [0.25, 0.3) is 43.8 Å². The van der Waals surface area contributed by atoms with Crippen LogP contribution < -0.4 is 9.80 Å². The predicted octanol–water partition coefficient (Wildman–Crippen LogP) is 7.21. The SMILES string of the molecule is Cc1cccnc1N1CCN(Cc2cc3cccc(-c4cccc5nc(N6CCN(Cc7cc8ccccc8[nH]7)CC6)ccc45)c3[nH]2)CC1. The molecule has 0 aliphatic carbocycles. The van der Waals surface area contributed by atoms with E-state index >= 15 is 0 Å². The third kappa shape index (κ3) is 5.92. The van der Waals surface area contributed by atoms with Crippen LogP contribution in [0.15, 0.2) is 103 Å². The molecule has 4 aromatic heterocycles. The van der Waals surface area contributed by atoms with Crippen molar-refractivity contribution in [2.45, 2.75) is 20.0 Å². The topological polar surface area (TPSA) is 70.3 Å². The fraction of sp³-hybridized carbons (Fsp3) is 0.268. The molecule has 7 aromatic rings. The predicted molar refractivity (Wildman–Crippen MR) is 201 cm³/mol. The van der Waals surface area contributed by atoms with E-state index in [0.717, 1.165) is 82.6 Å². The van der Waals surface area contributed by atoms with Crippen molar-refractivity contribution in [1.29, 1.82) is 0 Å². The number of hydrogen-bond donors (Lipinski definition) is 2. The highest BCUT2D eigenvalue weighted by atomic mass is 15.3. The first-order chi connectivity index (χ1) is 24.1. The number of aromatic nitrogens is 4. The fourth-order valence-corrected chi connectivity index (χ4v) is 7.84. The molecule has 0 radical (unpaired) electrons. The Morgan fingerprint density at radius 1 is 0.612 bits per heavy atom. The number of nitrogens with zero attached hydrogens (tertiary/aromatic N) is 6. The van der Waals surface area contributed by atoms with Gasteiger partial charge in [0.2, 0.25) is 0 Å². The molecule has 0 saturated carbocycles. The second kappa shape index (κ2) is 12.7. The van der Waals surface area contributed by atoms with Crippen molar-refractivity contribution >= 4 is 44.3 Å². The van der Waals surface area contributed by atoms with Crippen molar-refractivity contribution in [1.82, 2.24) is 29.7 Å². The molecular weight excluding hydrogens is 605 g/mol. The average molecular weight is 647 g/mol. The van der Waals surface area contributed by atoms with Crippen LogP contribution in [0.2, 0.25) is 0 Å². The molecule has 2 fully saturated rings. The summed E-state index contributed by atoms with van der Waals surface area (Å²) >= 11 is 0. The van der Waals surface area contributed by atoms with Crippen LogP contribution >= 0.6 is 0 Å². The summed E-state index contributed by atoms with van der Waals surface area (Å²) in [4.78, 5) is 27.2. The van der Waals surface area contributed by atoms with Gasteiger partial charge < -0.3 is 19.8 Å². The number of para-hydroxylation sites is 2. The molecule has 0 atom stereocenters. The summed E-state index contributed by atoms with van der Waals surface area (Å²) in [5, 5.41) is 3.72. The van der Waals surface area contributed by atoms with E-state index < -0.39 is 0 Å². The van der Waals surface area contributed by atoms with Crippen LogP contribution in [0.5, 0.6) is 0 Å². The van der Waals surface area contributed by atoms with E-state index in [4.69, 9.17) is 4.98 Å². The molecular formula is C41H42N8. The zero-order valence-electron chi connectivity index (χ0n) is 28.1. The molecule has 6 heterocycles. The summed E-state index contributed by atoms with van der Waals surface area (Å²) in [6.07, 6.45) is 1.90. The van der Waals surface area contributed by atoms with E-state index in [1.165, 1.54) is 55.3 Å². The van der Waals surface area contributed by atoms with Crippen molar-refractivity contribution in [3.05, 3.63) is 120 Å². The smallest absolute Gasteiger partial charge is 0.131 e. The first kappa shape index (κ1) is 29.9. The van der Waals surface area contributed by atoms with Gasteiger partial charge >= 0.3 is 0 Å². The van der Waals surface area contributed by atoms with E-state index in [2.05, 4.69) is 132 Å². The minimum atomic E-state index is 0.915. The van der Waals surface area contributed by atoms with Gasteiger partial charge in [0.05, 0.1) is 11.0 Å². The number of anilines is 2. The lowest BCUT2D eigenvalue weighted by Gasteiger charge is -2.35. The summed E-state index contributed by atoms with van der Waals surface area (Å²) < 4.78 is 0. The van der Waals surface area contributed by atoms with Crippen LogP contribution in [-0.4, -0.2) is 82.1 Å². The molecule has 0 spiro atoms. The summed E-state index contributed by atoms with van der Waals surface area (Å²) in [6, 6.07) is 35.0. The normalized spacial score (nSPS) is 16.3. The number of benzene rings is 3. The Bertz CT molecular complexity index is 2220. The fourth-order valence-electron chi connectivity index (χ4n) is 7.84. The molecule has 8 nitrogen and oxygen atoms in total. The Labute approximate surface area is 287 Å². The van der Waals surface area contributed by atoms with Crippen molar-refractivity contribution < 1.29 is 0 Å². The summed E-state index contributed by atoms with van der Waals surface area (Å²) in [6.45, 7) is 12.0. The molecule has 0 bridgehead atoms. The molecule has 2 aliphatic heterocycles. The molecule has 2 N–H and O–H groups in total. The van der Waals surface area contributed by atoms with Gasteiger partial charge in [-0.2, -0.15) is 0 Å². The molecule has 246 valence electrons. The van der Waals surface area contributed by atoms with E-state index in [-0.39, 0.29) is 0 Å². The number of H-pyrrole nitrogens is 2.